The Kier molecular flexibility index (Phi) is 9.06. The number of benzene rings is 2. The fraction of sp³-hybridized carbons (Fsp3) is 0.423. The summed E-state index contributed by atoms with van der Waals surface area (Å²) in [5.41, 5.74) is 0. The molecule has 2 aromatic rings. The Bertz CT molecular complexity index is 839. The van der Waals surface area contributed by atoms with Gasteiger partial charge in [0.15, 0.2) is 6.61 Å². The number of aliphatic hydroxyl groups excluding tert-OH is 1. The van der Waals surface area contributed by atoms with Gasteiger partial charge in [0.05, 0.1) is 6.10 Å². The maximum absolute atomic E-state index is 10.8. The van der Waals surface area contributed by atoms with Crippen molar-refractivity contribution in [2.75, 3.05) is 13.2 Å². The second kappa shape index (κ2) is 11.3. The Morgan fingerprint density at radius 3 is 2.00 bits per heavy atom. The topological polar surface area (TPSA) is 55.8 Å². The zero-order valence-electron chi connectivity index (χ0n) is 19.2. The molecule has 0 aromatic heterocycles. The fourth-order valence-electron chi connectivity index (χ4n) is 3.78. The molecule has 1 N–H and O–H groups in total. The summed E-state index contributed by atoms with van der Waals surface area (Å²) >= 11 is 0. The zero-order valence-corrected chi connectivity index (χ0v) is 20.2. The van der Waals surface area contributed by atoms with Gasteiger partial charge in [-0.2, -0.15) is 0 Å². The average Bonchev–Trinajstić information content (AvgIpc) is 2.74. The van der Waals surface area contributed by atoms with Crippen molar-refractivity contribution in [1.29, 1.82) is 0 Å². The largest absolute Gasteiger partial charge is 0.453 e. The summed E-state index contributed by atoms with van der Waals surface area (Å²) in [5, 5.41) is 12.9. The van der Waals surface area contributed by atoms with Crippen LogP contribution in [0, 0.1) is 17.8 Å². The van der Waals surface area contributed by atoms with Crippen molar-refractivity contribution in [3.63, 3.8) is 0 Å². The SMILES string of the molecule is CC(=O)OCC#C[C@H](C)[C@@H](O)CCO[Si](c1ccccc1)(c1ccccc1)C(C)(C)C. The van der Waals surface area contributed by atoms with E-state index in [1.54, 1.807) is 0 Å². The summed E-state index contributed by atoms with van der Waals surface area (Å²) in [6.07, 6.45) is -0.142. The number of carbonyl (C=O) groups excluding carboxylic acids is 1. The number of ether oxygens (including phenoxy) is 1. The molecule has 166 valence electrons. The van der Waals surface area contributed by atoms with Gasteiger partial charge in [0, 0.05) is 19.4 Å². The van der Waals surface area contributed by atoms with Crippen LogP contribution in [0.25, 0.3) is 0 Å². The lowest BCUT2D eigenvalue weighted by atomic mass is 10.0. The van der Waals surface area contributed by atoms with E-state index in [0.717, 1.165) is 0 Å². The molecule has 0 amide bonds. The van der Waals surface area contributed by atoms with E-state index < -0.39 is 14.4 Å². The molecule has 0 radical (unpaired) electrons. The highest BCUT2D eigenvalue weighted by Crippen LogP contribution is 2.36. The first-order valence-corrected chi connectivity index (χ1v) is 12.6. The third-order valence-electron chi connectivity index (χ3n) is 5.40. The Morgan fingerprint density at radius 2 is 1.55 bits per heavy atom. The van der Waals surface area contributed by atoms with E-state index in [1.165, 1.54) is 17.3 Å². The Balaban J connectivity index is 2.21. The van der Waals surface area contributed by atoms with Crippen LogP contribution in [0.15, 0.2) is 60.7 Å². The maximum atomic E-state index is 10.8. The quantitative estimate of drug-likeness (QED) is 0.389. The maximum Gasteiger partial charge on any atom is 0.303 e. The van der Waals surface area contributed by atoms with E-state index >= 15 is 0 Å². The molecule has 0 heterocycles. The molecule has 2 atom stereocenters. The minimum absolute atomic E-state index is 0.0466. The molecule has 31 heavy (non-hydrogen) atoms. The first kappa shape index (κ1) is 24.9. The molecule has 0 fully saturated rings. The lowest BCUT2D eigenvalue weighted by molar-refractivity contribution is -0.139. The summed E-state index contributed by atoms with van der Waals surface area (Å²) in [7, 11) is -2.60. The monoisotopic (exact) mass is 438 g/mol. The van der Waals surface area contributed by atoms with Gasteiger partial charge in [0.2, 0.25) is 0 Å². The van der Waals surface area contributed by atoms with Crippen molar-refractivity contribution < 1.29 is 19.1 Å². The van der Waals surface area contributed by atoms with E-state index in [-0.39, 0.29) is 23.5 Å². The molecule has 5 heteroatoms. The highest BCUT2D eigenvalue weighted by molar-refractivity contribution is 6.99. The molecular formula is C26H34O4Si. The third kappa shape index (κ3) is 6.54. The third-order valence-corrected chi connectivity index (χ3v) is 10.4. The number of aliphatic hydroxyl groups is 1. The highest BCUT2D eigenvalue weighted by Gasteiger charge is 2.50. The molecule has 4 nitrogen and oxygen atoms in total. The molecular weight excluding hydrogens is 404 g/mol. The van der Waals surface area contributed by atoms with Crippen LogP contribution in [-0.2, 0) is 14.0 Å². The van der Waals surface area contributed by atoms with Gasteiger partial charge >= 0.3 is 5.97 Å². The van der Waals surface area contributed by atoms with E-state index in [2.05, 4.69) is 81.1 Å². The first-order valence-electron chi connectivity index (χ1n) is 10.7. The summed E-state index contributed by atoms with van der Waals surface area (Å²) in [5.74, 6) is 5.15. The lowest BCUT2D eigenvalue weighted by Crippen LogP contribution is -2.66. The molecule has 0 bridgehead atoms. The van der Waals surface area contributed by atoms with E-state index in [0.29, 0.717) is 13.0 Å². The van der Waals surface area contributed by atoms with Gasteiger partial charge in [-0.25, -0.2) is 0 Å². The van der Waals surface area contributed by atoms with Crippen LogP contribution in [0.4, 0.5) is 0 Å². The Labute approximate surface area is 187 Å². The van der Waals surface area contributed by atoms with Crippen LogP contribution >= 0.6 is 0 Å². The van der Waals surface area contributed by atoms with Gasteiger partial charge in [0.1, 0.15) is 0 Å². The van der Waals surface area contributed by atoms with Gasteiger partial charge in [-0.3, -0.25) is 4.79 Å². The van der Waals surface area contributed by atoms with Crippen molar-refractivity contribution in [1.82, 2.24) is 0 Å². The van der Waals surface area contributed by atoms with Gasteiger partial charge in [-0.1, -0.05) is 93.3 Å². The van der Waals surface area contributed by atoms with E-state index in [4.69, 9.17) is 9.16 Å². The van der Waals surface area contributed by atoms with Crippen LogP contribution in [-0.4, -0.2) is 38.7 Å². The molecule has 0 aliphatic rings. The summed E-state index contributed by atoms with van der Waals surface area (Å²) in [6.45, 7) is 10.4. The molecule has 0 saturated heterocycles. The summed E-state index contributed by atoms with van der Waals surface area (Å²) < 4.78 is 11.6. The van der Waals surface area contributed by atoms with Crippen molar-refractivity contribution in [3.05, 3.63) is 60.7 Å². The number of esters is 1. The van der Waals surface area contributed by atoms with Crippen molar-refractivity contribution in [2.24, 2.45) is 5.92 Å². The van der Waals surface area contributed by atoms with Crippen LogP contribution < -0.4 is 10.4 Å². The number of carbonyl (C=O) groups is 1. The minimum Gasteiger partial charge on any atom is -0.453 e. The van der Waals surface area contributed by atoms with Gasteiger partial charge in [0.25, 0.3) is 8.32 Å². The highest BCUT2D eigenvalue weighted by atomic mass is 28.4. The lowest BCUT2D eigenvalue weighted by Gasteiger charge is -2.43. The van der Waals surface area contributed by atoms with Crippen molar-refractivity contribution >= 4 is 24.7 Å². The Morgan fingerprint density at radius 1 is 1.03 bits per heavy atom. The molecule has 0 aliphatic heterocycles. The van der Waals surface area contributed by atoms with Crippen LogP contribution in [0.1, 0.15) is 41.0 Å². The van der Waals surface area contributed by atoms with Crippen LogP contribution in [0.2, 0.25) is 5.04 Å². The second-order valence-electron chi connectivity index (χ2n) is 8.76. The van der Waals surface area contributed by atoms with Gasteiger partial charge < -0.3 is 14.3 Å². The Hall–Kier alpha value is -2.39. The molecule has 0 saturated carbocycles. The fourth-order valence-corrected chi connectivity index (χ4v) is 8.36. The normalized spacial score (nSPS) is 13.6. The van der Waals surface area contributed by atoms with E-state index in [9.17, 15) is 9.90 Å². The number of hydrogen-bond acceptors (Lipinski definition) is 4. The van der Waals surface area contributed by atoms with Crippen molar-refractivity contribution in [3.8, 4) is 11.8 Å². The smallest absolute Gasteiger partial charge is 0.303 e. The average molecular weight is 439 g/mol. The predicted octanol–water partition coefficient (Wildman–Crippen LogP) is 3.52. The number of rotatable bonds is 8. The summed E-state index contributed by atoms with van der Waals surface area (Å²) in [6, 6.07) is 20.9. The molecule has 2 aromatic carbocycles. The van der Waals surface area contributed by atoms with Crippen LogP contribution in [0.3, 0.4) is 0 Å². The molecule has 2 rings (SSSR count). The van der Waals surface area contributed by atoms with Crippen molar-refractivity contribution in [2.45, 2.75) is 52.2 Å². The van der Waals surface area contributed by atoms with E-state index in [1.807, 2.05) is 19.1 Å². The minimum atomic E-state index is -2.60. The second-order valence-corrected chi connectivity index (χ2v) is 13.1. The standard InChI is InChI=1S/C26H34O4Si/c1-21(13-12-19-29-22(2)27)25(28)18-20-30-31(26(3,4)5,23-14-8-6-9-15-23)24-16-10-7-11-17-24/h6-11,14-17,21,25,28H,18-20H2,1-5H3/t21-,25-/m0/s1. The molecule has 0 aliphatic carbocycles. The number of hydrogen-bond donors (Lipinski definition) is 1. The summed E-state index contributed by atoms with van der Waals surface area (Å²) in [4.78, 5) is 10.8. The molecule has 0 spiro atoms. The van der Waals surface area contributed by atoms with Crippen LogP contribution in [0.5, 0.6) is 0 Å². The molecule has 0 unspecified atom stereocenters. The van der Waals surface area contributed by atoms with Gasteiger partial charge in [-0.15, -0.1) is 0 Å². The first-order chi connectivity index (χ1) is 14.7. The predicted molar refractivity (Wildman–Crippen MR) is 128 cm³/mol. The zero-order chi connectivity index (χ0) is 22.9. The van der Waals surface area contributed by atoms with Gasteiger partial charge in [-0.05, 0) is 28.8 Å².